The van der Waals surface area contributed by atoms with Crippen LogP contribution in [-0.2, 0) is 16.1 Å². The minimum absolute atomic E-state index is 0.187. The van der Waals surface area contributed by atoms with Crippen LogP contribution in [-0.4, -0.2) is 37.2 Å². The zero-order valence-electron chi connectivity index (χ0n) is 10.3. The monoisotopic (exact) mass is 247 g/mol. The van der Waals surface area contributed by atoms with E-state index in [1.165, 1.54) is 6.08 Å². The highest BCUT2D eigenvalue weighted by Crippen LogP contribution is 2.13. The molecule has 0 aliphatic carbocycles. The molecule has 5 heteroatoms. The first-order valence-electron chi connectivity index (χ1n) is 5.98. The lowest BCUT2D eigenvalue weighted by molar-refractivity contribution is -0.116. The second-order valence-corrected chi connectivity index (χ2v) is 4.01. The van der Waals surface area contributed by atoms with E-state index in [-0.39, 0.29) is 5.91 Å². The van der Waals surface area contributed by atoms with Crippen molar-refractivity contribution >= 4 is 11.7 Å². The number of anilines is 1. The summed E-state index contributed by atoms with van der Waals surface area (Å²) in [5.41, 5.74) is 0.842. The number of ether oxygens (including phenoxy) is 1. The van der Waals surface area contributed by atoms with E-state index in [0.29, 0.717) is 6.54 Å². The van der Waals surface area contributed by atoms with E-state index < -0.39 is 0 Å². The Labute approximate surface area is 106 Å². The van der Waals surface area contributed by atoms with Crippen LogP contribution in [0.3, 0.4) is 0 Å². The summed E-state index contributed by atoms with van der Waals surface area (Å²) < 4.78 is 5.31. The molecular formula is C13H17N3O2. The number of hydrogen-bond donors (Lipinski definition) is 1. The van der Waals surface area contributed by atoms with Gasteiger partial charge in [-0.3, -0.25) is 4.79 Å². The van der Waals surface area contributed by atoms with Gasteiger partial charge in [0.15, 0.2) is 0 Å². The van der Waals surface area contributed by atoms with Crippen molar-refractivity contribution < 1.29 is 9.53 Å². The van der Waals surface area contributed by atoms with E-state index in [4.69, 9.17) is 4.74 Å². The Kier molecular flexibility index (Phi) is 4.30. The third-order valence-electron chi connectivity index (χ3n) is 2.76. The van der Waals surface area contributed by atoms with E-state index in [9.17, 15) is 4.79 Å². The van der Waals surface area contributed by atoms with Gasteiger partial charge in [0.25, 0.3) is 0 Å². The molecule has 5 nitrogen and oxygen atoms in total. The van der Waals surface area contributed by atoms with Gasteiger partial charge in [-0.05, 0) is 18.2 Å². The van der Waals surface area contributed by atoms with Crippen molar-refractivity contribution in [1.29, 1.82) is 0 Å². The maximum Gasteiger partial charge on any atom is 0.243 e. The van der Waals surface area contributed by atoms with Crippen LogP contribution in [0.1, 0.15) is 5.69 Å². The van der Waals surface area contributed by atoms with Gasteiger partial charge in [-0.15, -0.1) is 0 Å². The molecular weight excluding hydrogens is 230 g/mol. The molecule has 2 heterocycles. The number of morpholine rings is 1. The van der Waals surface area contributed by atoms with Gasteiger partial charge < -0.3 is 15.0 Å². The van der Waals surface area contributed by atoms with Gasteiger partial charge in [-0.25, -0.2) is 4.98 Å². The van der Waals surface area contributed by atoms with Gasteiger partial charge in [0.1, 0.15) is 5.82 Å². The van der Waals surface area contributed by atoms with Gasteiger partial charge in [-0.1, -0.05) is 12.6 Å². The lowest BCUT2D eigenvalue weighted by atomic mass is 10.3. The van der Waals surface area contributed by atoms with Crippen LogP contribution < -0.4 is 10.2 Å². The maximum atomic E-state index is 11.1. The van der Waals surface area contributed by atoms with E-state index in [1.54, 1.807) is 0 Å². The van der Waals surface area contributed by atoms with Gasteiger partial charge in [0, 0.05) is 13.1 Å². The molecule has 0 saturated carbocycles. The number of aromatic nitrogens is 1. The molecule has 0 unspecified atom stereocenters. The van der Waals surface area contributed by atoms with Gasteiger partial charge in [-0.2, -0.15) is 0 Å². The Morgan fingerprint density at radius 2 is 2.28 bits per heavy atom. The SMILES string of the molecule is C=CC(=O)NCc1cccc(N2CCOCC2)n1. The van der Waals surface area contributed by atoms with Crippen LogP contribution in [0.25, 0.3) is 0 Å². The number of hydrogen-bond acceptors (Lipinski definition) is 4. The highest BCUT2D eigenvalue weighted by molar-refractivity contribution is 5.86. The molecule has 0 bridgehead atoms. The second kappa shape index (κ2) is 6.16. The molecule has 0 spiro atoms. The normalized spacial score (nSPS) is 15.2. The van der Waals surface area contributed by atoms with Crippen molar-refractivity contribution in [3.05, 3.63) is 36.5 Å². The molecule has 0 aromatic carbocycles. The number of nitrogens with one attached hydrogen (secondary N) is 1. The predicted octanol–water partition coefficient (Wildman–Crippen LogP) is 0.720. The third-order valence-corrected chi connectivity index (χ3v) is 2.76. The molecule has 1 aliphatic heterocycles. The standard InChI is InChI=1S/C13H17N3O2/c1-2-13(17)14-10-11-4-3-5-12(15-11)16-6-8-18-9-7-16/h2-5H,1,6-10H2,(H,14,17). The van der Waals surface area contributed by atoms with Crippen molar-refractivity contribution in [1.82, 2.24) is 10.3 Å². The van der Waals surface area contributed by atoms with Crippen molar-refractivity contribution in [3.8, 4) is 0 Å². The zero-order valence-corrected chi connectivity index (χ0v) is 10.3. The number of pyridine rings is 1. The first kappa shape index (κ1) is 12.6. The second-order valence-electron chi connectivity index (χ2n) is 4.01. The fourth-order valence-electron chi connectivity index (χ4n) is 1.78. The molecule has 0 radical (unpaired) electrons. The summed E-state index contributed by atoms with van der Waals surface area (Å²) in [7, 11) is 0. The van der Waals surface area contributed by atoms with Gasteiger partial charge in [0.05, 0.1) is 25.5 Å². The molecule has 96 valence electrons. The molecule has 1 saturated heterocycles. The van der Waals surface area contributed by atoms with Crippen LogP contribution in [0.15, 0.2) is 30.9 Å². The number of carbonyl (C=O) groups excluding carboxylic acids is 1. The third kappa shape index (κ3) is 3.30. The van der Waals surface area contributed by atoms with Crippen molar-refractivity contribution in [2.45, 2.75) is 6.54 Å². The molecule has 1 aromatic heterocycles. The summed E-state index contributed by atoms with van der Waals surface area (Å²) >= 11 is 0. The summed E-state index contributed by atoms with van der Waals surface area (Å²) in [6, 6.07) is 5.82. The van der Waals surface area contributed by atoms with Crippen LogP contribution in [0.4, 0.5) is 5.82 Å². The summed E-state index contributed by atoms with van der Waals surface area (Å²) in [6.45, 7) is 7.01. The van der Waals surface area contributed by atoms with Crippen LogP contribution >= 0.6 is 0 Å². The first-order valence-corrected chi connectivity index (χ1v) is 5.98. The van der Waals surface area contributed by atoms with E-state index in [0.717, 1.165) is 37.8 Å². The van der Waals surface area contributed by atoms with E-state index in [1.807, 2.05) is 18.2 Å². The molecule has 1 aliphatic rings. The Morgan fingerprint density at radius 3 is 3.00 bits per heavy atom. The number of amides is 1. The topological polar surface area (TPSA) is 54.5 Å². The minimum atomic E-state index is -0.187. The lowest BCUT2D eigenvalue weighted by Gasteiger charge is -2.28. The average Bonchev–Trinajstić information content (AvgIpc) is 2.46. The minimum Gasteiger partial charge on any atom is -0.378 e. The quantitative estimate of drug-likeness (QED) is 0.797. The Morgan fingerprint density at radius 1 is 1.50 bits per heavy atom. The first-order chi connectivity index (χ1) is 8.79. The Balaban J connectivity index is 2.00. The molecule has 1 aromatic rings. The predicted molar refractivity (Wildman–Crippen MR) is 69.3 cm³/mol. The summed E-state index contributed by atoms with van der Waals surface area (Å²) in [4.78, 5) is 17.8. The van der Waals surface area contributed by atoms with Crippen LogP contribution in [0.5, 0.6) is 0 Å². The van der Waals surface area contributed by atoms with E-state index in [2.05, 4.69) is 21.8 Å². The van der Waals surface area contributed by atoms with Crippen molar-refractivity contribution in [2.24, 2.45) is 0 Å². The number of carbonyl (C=O) groups is 1. The zero-order chi connectivity index (χ0) is 12.8. The van der Waals surface area contributed by atoms with Crippen LogP contribution in [0.2, 0.25) is 0 Å². The highest BCUT2D eigenvalue weighted by Gasteiger charge is 2.12. The largest absolute Gasteiger partial charge is 0.378 e. The van der Waals surface area contributed by atoms with Crippen molar-refractivity contribution in [3.63, 3.8) is 0 Å². The lowest BCUT2D eigenvalue weighted by Crippen LogP contribution is -2.36. The molecule has 1 fully saturated rings. The number of nitrogens with zero attached hydrogens (tertiary/aromatic N) is 2. The summed E-state index contributed by atoms with van der Waals surface area (Å²) in [5.74, 6) is 0.747. The van der Waals surface area contributed by atoms with Gasteiger partial charge in [0.2, 0.25) is 5.91 Å². The summed E-state index contributed by atoms with van der Waals surface area (Å²) in [5, 5.41) is 2.72. The fourth-order valence-corrected chi connectivity index (χ4v) is 1.78. The fraction of sp³-hybridized carbons (Fsp3) is 0.385. The van der Waals surface area contributed by atoms with Crippen LogP contribution in [0, 0.1) is 0 Å². The molecule has 18 heavy (non-hydrogen) atoms. The maximum absolute atomic E-state index is 11.1. The smallest absolute Gasteiger partial charge is 0.243 e. The molecule has 2 rings (SSSR count). The molecule has 1 N–H and O–H groups in total. The van der Waals surface area contributed by atoms with Gasteiger partial charge >= 0.3 is 0 Å². The molecule has 0 atom stereocenters. The Hall–Kier alpha value is -1.88. The average molecular weight is 247 g/mol. The number of rotatable bonds is 4. The molecule has 1 amide bonds. The van der Waals surface area contributed by atoms with Crippen molar-refractivity contribution in [2.75, 3.05) is 31.2 Å². The summed E-state index contributed by atoms with van der Waals surface area (Å²) in [6.07, 6.45) is 1.26. The Bertz CT molecular complexity index is 428. The van der Waals surface area contributed by atoms with E-state index >= 15 is 0 Å². The highest BCUT2D eigenvalue weighted by atomic mass is 16.5.